The van der Waals surface area contributed by atoms with E-state index in [2.05, 4.69) is 16.8 Å². The highest BCUT2D eigenvalue weighted by molar-refractivity contribution is 7.22. The van der Waals surface area contributed by atoms with Gasteiger partial charge in [-0.15, -0.1) is 0 Å². The molecule has 0 amide bonds. The monoisotopic (exact) mass is 251 g/mol. The van der Waals surface area contributed by atoms with Crippen molar-refractivity contribution in [2.24, 2.45) is 0 Å². The normalized spacial score (nSPS) is 12.9. The van der Waals surface area contributed by atoms with Gasteiger partial charge in [-0.1, -0.05) is 11.3 Å². The van der Waals surface area contributed by atoms with E-state index in [1.54, 1.807) is 18.4 Å². The van der Waals surface area contributed by atoms with Gasteiger partial charge in [0.05, 0.1) is 22.9 Å². The summed E-state index contributed by atoms with van der Waals surface area (Å²) >= 11 is 1.65. The largest absolute Gasteiger partial charge is 0.399 e. The van der Waals surface area contributed by atoms with E-state index >= 15 is 0 Å². The summed E-state index contributed by atoms with van der Waals surface area (Å²) < 4.78 is 6.28. The number of fused-ring (bicyclic) bond motifs is 1. The molecule has 0 aliphatic heterocycles. The molecule has 1 heterocycles. The van der Waals surface area contributed by atoms with Crippen molar-refractivity contribution in [2.45, 2.75) is 13.0 Å². The van der Waals surface area contributed by atoms with E-state index in [1.165, 1.54) is 0 Å². The standard InChI is InChI=1S/C12H17N3OS/c1-8(7-16-3)15(2)12-14-10-5-4-9(13)6-11(10)17-12/h4-6,8H,7,13H2,1-3H3. The van der Waals surface area contributed by atoms with Crippen molar-refractivity contribution in [3.05, 3.63) is 18.2 Å². The van der Waals surface area contributed by atoms with Crippen LogP contribution in [0.5, 0.6) is 0 Å². The molecule has 2 rings (SSSR count). The van der Waals surface area contributed by atoms with Crippen LogP contribution in [0.1, 0.15) is 6.92 Å². The highest BCUT2D eigenvalue weighted by atomic mass is 32.1. The molecule has 1 atom stereocenters. The predicted molar refractivity (Wildman–Crippen MR) is 73.8 cm³/mol. The van der Waals surface area contributed by atoms with Crippen LogP contribution in [0.4, 0.5) is 10.8 Å². The Balaban J connectivity index is 2.29. The SMILES string of the molecule is COCC(C)N(C)c1nc2ccc(N)cc2s1. The van der Waals surface area contributed by atoms with E-state index in [1.807, 2.05) is 25.2 Å². The Morgan fingerprint density at radius 1 is 1.53 bits per heavy atom. The van der Waals surface area contributed by atoms with Gasteiger partial charge in [-0.25, -0.2) is 4.98 Å². The molecule has 0 saturated heterocycles. The van der Waals surface area contributed by atoms with Crippen molar-refractivity contribution in [1.82, 2.24) is 4.98 Å². The van der Waals surface area contributed by atoms with Gasteiger partial charge in [0, 0.05) is 19.8 Å². The third kappa shape index (κ3) is 2.50. The topological polar surface area (TPSA) is 51.4 Å². The second-order valence-electron chi connectivity index (χ2n) is 4.14. The fourth-order valence-electron chi connectivity index (χ4n) is 1.62. The number of aromatic nitrogens is 1. The van der Waals surface area contributed by atoms with Crippen molar-refractivity contribution in [3.63, 3.8) is 0 Å². The number of likely N-dealkylation sites (N-methyl/N-ethyl adjacent to an activating group) is 1. The molecule has 0 saturated carbocycles. The van der Waals surface area contributed by atoms with E-state index in [9.17, 15) is 0 Å². The summed E-state index contributed by atoms with van der Waals surface area (Å²) in [6, 6.07) is 6.10. The van der Waals surface area contributed by atoms with Crippen molar-refractivity contribution in [3.8, 4) is 0 Å². The van der Waals surface area contributed by atoms with E-state index in [0.717, 1.165) is 21.0 Å². The Morgan fingerprint density at radius 3 is 3.00 bits per heavy atom. The Kier molecular flexibility index (Phi) is 3.49. The maximum atomic E-state index is 5.76. The van der Waals surface area contributed by atoms with Gasteiger partial charge in [-0.2, -0.15) is 0 Å². The molecule has 0 fully saturated rings. The number of benzene rings is 1. The number of rotatable bonds is 4. The maximum Gasteiger partial charge on any atom is 0.186 e. The van der Waals surface area contributed by atoms with Crippen LogP contribution in [-0.2, 0) is 4.74 Å². The first-order chi connectivity index (χ1) is 8.11. The number of hydrogen-bond donors (Lipinski definition) is 1. The molecular formula is C12H17N3OS. The summed E-state index contributed by atoms with van der Waals surface area (Å²) in [6.45, 7) is 2.80. The fourth-order valence-corrected chi connectivity index (χ4v) is 2.70. The molecule has 0 radical (unpaired) electrons. The first kappa shape index (κ1) is 12.1. The molecule has 5 heteroatoms. The Morgan fingerprint density at radius 2 is 2.29 bits per heavy atom. The van der Waals surface area contributed by atoms with Crippen LogP contribution in [0, 0.1) is 0 Å². The summed E-state index contributed by atoms with van der Waals surface area (Å²) in [6.07, 6.45) is 0. The first-order valence-electron chi connectivity index (χ1n) is 5.49. The summed E-state index contributed by atoms with van der Waals surface area (Å²) in [7, 11) is 3.74. The van der Waals surface area contributed by atoms with E-state index < -0.39 is 0 Å². The van der Waals surface area contributed by atoms with Crippen molar-refractivity contribution in [2.75, 3.05) is 31.4 Å². The number of anilines is 2. The Labute approximate surface area is 105 Å². The zero-order chi connectivity index (χ0) is 12.4. The lowest BCUT2D eigenvalue weighted by molar-refractivity contribution is 0.183. The van der Waals surface area contributed by atoms with Gasteiger partial charge in [-0.05, 0) is 25.1 Å². The molecule has 1 aromatic carbocycles. The van der Waals surface area contributed by atoms with Gasteiger partial charge in [0.15, 0.2) is 5.13 Å². The average molecular weight is 251 g/mol. The van der Waals surface area contributed by atoms with E-state index in [4.69, 9.17) is 10.5 Å². The third-order valence-electron chi connectivity index (χ3n) is 2.77. The fraction of sp³-hybridized carbons (Fsp3) is 0.417. The Hall–Kier alpha value is -1.33. The third-order valence-corrected chi connectivity index (χ3v) is 3.88. The molecule has 0 aliphatic rings. The molecule has 1 aromatic heterocycles. The smallest absolute Gasteiger partial charge is 0.186 e. The molecule has 4 nitrogen and oxygen atoms in total. The molecular weight excluding hydrogens is 234 g/mol. The number of nitrogens with two attached hydrogens (primary N) is 1. The van der Waals surface area contributed by atoms with E-state index in [-0.39, 0.29) is 0 Å². The zero-order valence-electron chi connectivity index (χ0n) is 10.3. The van der Waals surface area contributed by atoms with Crippen LogP contribution < -0.4 is 10.6 Å². The van der Waals surface area contributed by atoms with Gasteiger partial charge in [0.1, 0.15) is 0 Å². The second-order valence-corrected chi connectivity index (χ2v) is 5.15. The lowest BCUT2D eigenvalue weighted by Crippen LogP contribution is -2.32. The number of nitrogens with zero attached hydrogens (tertiary/aromatic N) is 2. The van der Waals surface area contributed by atoms with Gasteiger partial charge >= 0.3 is 0 Å². The molecule has 17 heavy (non-hydrogen) atoms. The number of thiazole rings is 1. The minimum atomic E-state index is 0.304. The Bertz CT molecular complexity index is 511. The minimum Gasteiger partial charge on any atom is -0.399 e. The number of hydrogen-bond acceptors (Lipinski definition) is 5. The number of ether oxygens (including phenoxy) is 1. The molecule has 0 bridgehead atoms. The summed E-state index contributed by atoms with van der Waals surface area (Å²) in [5, 5.41) is 0.996. The lowest BCUT2D eigenvalue weighted by atomic mass is 10.3. The van der Waals surface area contributed by atoms with E-state index in [0.29, 0.717) is 12.6 Å². The first-order valence-corrected chi connectivity index (χ1v) is 6.31. The van der Waals surface area contributed by atoms with Crippen LogP contribution in [0.3, 0.4) is 0 Å². The van der Waals surface area contributed by atoms with Gasteiger partial charge < -0.3 is 15.4 Å². The van der Waals surface area contributed by atoms with Gasteiger partial charge in [-0.3, -0.25) is 0 Å². The minimum absolute atomic E-state index is 0.304. The van der Waals surface area contributed by atoms with Crippen LogP contribution in [-0.4, -0.2) is 31.8 Å². The van der Waals surface area contributed by atoms with Gasteiger partial charge in [0.25, 0.3) is 0 Å². The highest BCUT2D eigenvalue weighted by Crippen LogP contribution is 2.30. The average Bonchev–Trinajstić information content (AvgIpc) is 2.71. The summed E-state index contributed by atoms with van der Waals surface area (Å²) in [5.74, 6) is 0. The maximum absolute atomic E-state index is 5.76. The molecule has 2 aromatic rings. The summed E-state index contributed by atoms with van der Waals surface area (Å²) in [4.78, 5) is 6.72. The van der Waals surface area contributed by atoms with Crippen molar-refractivity contribution in [1.29, 1.82) is 0 Å². The quantitative estimate of drug-likeness (QED) is 0.847. The van der Waals surface area contributed by atoms with Crippen LogP contribution >= 0.6 is 11.3 Å². The lowest BCUT2D eigenvalue weighted by Gasteiger charge is -2.23. The molecule has 1 unspecified atom stereocenters. The highest BCUT2D eigenvalue weighted by Gasteiger charge is 2.14. The molecule has 0 aliphatic carbocycles. The molecule has 2 N–H and O–H groups in total. The number of nitrogen functional groups attached to an aromatic ring is 1. The zero-order valence-corrected chi connectivity index (χ0v) is 11.1. The van der Waals surface area contributed by atoms with Crippen LogP contribution in [0.15, 0.2) is 18.2 Å². The van der Waals surface area contributed by atoms with Crippen LogP contribution in [0.25, 0.3) is 10.2 Å². The number of methoxy groups -OCH3 is 1. The second kappa shape index (κ2) is 4.89. The molecule has 92 valence electrons. The van der Waals surface area contributed by atoms with Crippen molar-refractivity contribution >= 4 is 32.4 Å². The summed E-state index contributed by atoms with van der Waals surface area (Å²) in [5.41, 5.74) is 7.54. The van der Waals surface area contributed by atoms with Gasteiger partial charge in [0.2, 0.25) is 0 Å². The molecule has 0 spiro atoms. The van der Waals surface area contributed by atoms with Crippen LogP contribution in [0.2, 0.25) is 0 Å². The predicted octanol–water partition coefficient (Wildman–Crippen LogP) is 2.35. The van der Waals surface area contributed by atoms with Crippen molar-refractivity contribution < 1.29 is 4.74 Å².